The molecule has 0 spiro atoms. The number of benzene rings is 2. The summed E-state index contributed by atoms with van der Waals surface area (Å²) in [5.74, 6) is -0.903. The van der Waals surface area contributed by atoms with Gasteiger partial charge in [-0.1, -0.05) is 48.5 Å². The second-order valence-electron chi connectivity index (χ2n) is 8.05. The molecular formula is C24H28N4O2. The zero-order chi connectivity index (χ0) is 21.1. The summed E-state index contributed by atoms with van der Waals surface area (Å²) in [4.78, 5) is 30.3. The van der Waals surface area contributed by atoms with Gasteiger partial charge in [0.15, 0.2) is 0 Å². The number of rotatable bonds is 7. The first-order chi connectivity index (χ1) is 14.5. The molecule has 2 unspecified atom stereocenters. The zero-order valence-corrected chi connectivity index (χ0v) is 17.4. The molecule has 1 fully saturated rings. The van der Waals surface area contributed by atoms with Crippen LogP contribution in [-0.2, 0) is 4.79 Å². The van der Waals surface area contributed by atoms with Crippen LogP contribution in [0.2, 0.25) is 0 Å². The molecule has 2 heterocycles. The third-order valence-electron chi connectivity index (χ3n) is 5.89. The predicted molar refractivity (Wildman–Crippen MR) is 118 cm³/mol. The smallest absolute Gasteiger partial charge is 0.294 e. The van der Waals surface area contributed by atoms with Crippen LogP contribution in [0.1, 0.15) is 46.9 Å². The number of nitrogens with zero attached hydrogens (tertiary/aromatic N) is 1. The molecule has 0 aliphatic carbocycles. The number of Topliss-reactive ketones (excluding diaryl/α,β-unsaturated/α-hetero) is 1. The third-order valence-corrected chi connectivity index (χ3v) is 5.89. The van der Waals surface area contributed by atoms with Crippen molar-refractivity contribution < 1.29 is 9.59 Å². The number of carbonyl (C=O) groups is 2. The number of ketones is 1. The first kappa shape index (κ1) is 20.3. The van der Waals surface area contributed by atoms with Crippen LogP contribution >= 0.6 is 0 Å². The van der Waals surface area contributed by atoms with Crippen LogP contribution in [0.15, 0.2) is 54.6 Å². The SMILES string of the molecule is Cc1[nH]c2ccccc2c1C(=O)C(=O)N(C)CCCC1CC(c2ccccc2)NN1. The maximum absolute atomic E-state index is 12.9. The maximum atomic E-state index is 12.9. The maximum Gasteiger partial charge on any atom is 0.294 e. The molecular weight excluding hydrogens is 376 g/mol. The summed E-state index contributed by atoms with van der Waals surface area (Å²) >= 11 is 0. The van der Waals surface area contributed by atoms with Gasteiger partial charge in [0.25, 0.3) is 11.7 Å². The van der Waals surface area contributed by atoms with Crippen LogP contribution in [0, 0.1) is 6.92 Å². The molecule has 0 bridgehead atoms. The average molecular weight is 405 g/mol. The highest BCUT2D eigenvalue weighted by molar-refractivity contribution is 6.45. The van der Waals surface area contributed by atoms with Crippen molar-refractivity contribution in [2.24, 2.45) is 0 Å². The average Bonchev–Trinajstić information content (AvgIpc) is 3.37. The lowest BCUT2D eigenvalue weighted by molar-refractivity contribution is -0.125. The Hall–Kier alpha value is -2.96. The first-order valence-electron chi connectivity index (χ1n) is 10.5. The van der Waals surface area contributed by atoms with Gasteiger partial charge in [0.2, 0.25) is 0 Å². The number of para-hydroxylation sites is 1. The molecule has 3 N–H and O–H groups in total. The standard InChI is InChI=1S/C24H28N4O2/c1-16-22(19-12-6-7-13-20(19)25-16)23(29)24(30)28(2)14-8-11-18-15-21(27-26-18)17-9-4-3-5-10-17/h3-7,9-10,12-13,18,21,25-27H,8,11,14-15H2,1-2H3. The van der Waals surface area contributed by atoms with Crippen molar-refractivity contribution >= 4 is 22.6 Å². The Morgan fingerprint density at radius 1 is 1.03 bits per heavy atom. The lowest BCUT2D eigenvalue weighted by Gasteiger charge is -2.17. The number of hydrazine groups is 1. The second-order valence-corrected chi connectivity index (χ2v) is 8.05. The molecule has 4 rings (SSSR count). The van der Waals surface area contributed by atoms with Crippen molar-refractivity contribution in [3.63, 3.8) is 0 Å². The van der Waals surface area contributed by atoms with Crippen LogP contribution in [0.25, 0.3) is 10.9 Å². The second kappa shape index (κ2) is 8.81. The largest absolute Gasteiger partial charge is 0.358 e. The third kappa shape index (κ3) is 4.15. The van der Waals surface area contributed by atoms with Gasteiger partial charge in [0, 0.05) is 42.3 Å². The van der Waals surface area contributed by atoms with Gasteiger partial charge in [-0.15, -0.1) is 0 Å². The van der Waals surface area contributed by atoms with Crippen LogP contribution in [0.4, 0.5) is 0 Å². The topological polar surface area (TPSA) is 77.2 Å². The van der Waals surface area contributed by atoms with Gasteiger partial charge < -0.3 is 9.88 Å². The Bertz CT molecular complexity index is 1040. The van der Waals surface area contributed by atoms with E-state index in [-0.39, 0.29) is 0 Å². The number of carbonyl (C=O) groups excluding carboxylic acids is 2. The number of H-pyrrole nitrogens is 1. The first-order valence-corrected chi connectivity index (χ1v) is 10.5. The number of amides is 1. The summed E-state index contributed by atoms with van der Waals surface area (Å²) in [5, 5.41) is 0.801. The molecule has 1 amide bonds. The Balaban J connectivity index is 1.30. The highest BCUT2D eigenvalue weighted by atomic mass is 16.2. The van der Waals surface area contributed by atoms with Gasteiger partial charge in [-0.25, -0.2) is 0 Å². The normalized spacial score (nSPS) is 18.6. The van der Waals surface area contributed by atoms with Gasteiger partial charge in [-0.3, -0.25) is 20.4 Å². The number of aryl methyl sites for hydroxylation is 1. The molecule has 156 valence electrons. The summed E-state index contributed by atoms with van der Waals surface area (Å²) in [5.41, 5.74) is 10.1. The molecule has 0 saturated carbocycles. The highest BCUT2D eigenvalue weighted by Crippen LogP contribution is 2.25. The minimum atomic E-state index is -0.456. The van der Waals surface area contributed by atoms with E-state index in [0.717, 1.165) is 35.9 Å². The number of hydrogen-bond donors (Lipinski definition) is 3. The van der Waals surface area contributed by atoms with E-state index in [1.54, 1.807) is 11.9 Å². The molecule has 1 aliphatic rings. The van der Waals surface area contributed by atoms with Crippen molar-refractivity contribution in [2.45, 2.75) is 38.3 Å². The minimum absolute atomic E-state index is 0.307. The van der Waals surface area contributed by atoms with Crippen molar-refractivity contribution in [1.82, 2.24) is 20.7 Å². The number of aromatic amines is 1. The number of aromatic nitrogens is 1. The summed E-state index contributed by atoms with van der Waals surface area (Å²) in [6.45, 7) is 2.39. The Labute approximate surface area is 176 Å². The molecule has 2 aromatic carbocycles. The van der Waals surface area contributed by atoms with Crippen molar-refractivity contribution in [3.8, 4) is 0 Å². The molecule has 1 aliphatic heterocycles. The molecule has 1 aromatic heterocycles. The Kier molecular flexibility index (Phi) is 5.97. The fraction of sp³-hybridized carbons (Fsp3) is 0.333. The highest BCUT2D eigenvalue weighted by Gasteiger charge is 2.27. The number of hydrogen-bond acceptors (Lipinski definition) is 4. The van der Waals surface area contributed by atoms with E-state index in [2.05, 4.69) is 40.1 Å². The van der Waals surface area contributed by atoms with E-state index >= 15 is 0 Å². The van der Waals surface area contributed by atoms with E-state index < -0.39 is 11.7 Å². The summed E-state index contributed by atoms with van der Waals surface area (Å²) in [7, 11) is 1.71. The van der Waals surface area contributed by atoms with Crippen LogP contribution in [0.3, 0.4) is 0 Å². The van der Waals surface area contributed by atoms with Crippen molar-refractivity contribution in [3.05, 3.63) is 71.4 Å². The molecule has 0 radical (unpaired) electrons. The van der Waals surface area contributed by atoms with E-state index in [9.17, 15) is 9.59 Å². The fourth-order valence-electron chi connectivity index (χ4n) is 4.24. The lowest BCUT2D eigenvalue weighted by atomic mass is 10.00. The summed E-state index contributed by atoms with van der Waals surface area (Å²) in [6.07, 6.45) is 2.78. The van der Waals surface area contributed by atoms with Gasteiger partial charge >= 0.3 is 0 Å². The van der Waals surface area contributed by atoms with E-state index in [1.807, 2.05) is 37.3 Å². The van der Waals surface area contributed by atoms with Gasteiger partial charge in [-0.2, -0.15) is 0 Å². The number of likely N-dealkylation sites (N-methyl/N-ethyl adjacent to an activating group) is 1. The molecule has 6 nitrogen and oxygen atoms in total. The van der Waals surface area contributed by atoms with Gasteiger partial charge in [0.1, 0.15) is 0 Å². The summed E-state index contributed by atoms with van der Waals surface area (Å²) in [6, 6.07) is 18.6. The van der Waals surface area contributed by atoms with Crippen LogP contribution in [0.5, 0.6) is 0 Å². The van der Waals surface area contributed by atoms with Crippen LogP contribution in [-0.4, -0.2) is 41.2 Å². The summed E-state index contributed by atoms with van der Waals surface area (Å²) < 4.78 is 0. The Morgan fingerprint density at radius 3 is 2.57 bits per heavy atom. The minimum Gasteiger partial charge on any atom is -0.358 e. The number of nitrogens with one attached hydrogen (secondary N) is 3. The number of fused-ring (bicyclic) bond motifs is 1. The fourth-order valence-corrected chi connectivity index (χ4v) is 4.24. The van der Waals surface area contributed by atoms with E-state index in [1.165, 1.54) is 5.56 Å². The molecule has 1 saturated heterocycles. The Morgan fingerprint density at radius 2 is 1.77 bits per heavy atom. The molecule has 6 heteroatoms. The lowest BCUT2D eigenvalue weighted by Crippen LogP contribution is -2.35. The quantitative estimate of drug-likeness (QED) is 0.416. The van der Waals surface area contributed by atoms with Gasteiger partial charge in [-0.05, 0) is 37.8 Å². The zero-order valence-electron chi connectivity index (χ0n) is 17.4. The molecule has 30 heavy (non-hydrogen) atoms. The monoisotopic (exact) mass is 404 g/mol. The molecule has 3 aromatic rings. The van der Waals surface area contributed by atoms with E-state index in [4.69, 9.17) is 0 Å². The molecule has 2 atom stereocenters. The predicted octanol–water partition coefficient (Wildman–Crippen LogP) is 3.51. The van der Waals surface area contributed by atoms with Crippen molar-refractivity contribution in [2.75, 3.05) is 13.6 Å². The van der Waals surface area contributed by atoms with Gasteiger partial charge in [0.05, 0.1) is 5.56 Å². The van der Waals surface area contributed by atoms with Crippen molar-refractivity contribution in [1.29, 1.82) is 0 Å². The van der Waals surface area contributed by atoms with E-state index in [0.29, 0.717) is 24.2 Å². The van der Waals surface area contributed by atoms with Crippen LogP contribution < -0.4 is 10.9 Å².